The van der Waals surface area contributed by atoms with Gasteiger partial charge in [0.25, 0.3) is 11.8 Å². The van der Waals surface area contributed by atoms with Crippen LogP contribution in [0.3, 0.4) is 0 Å². The van der Waals surface area contributed by atoms with E-state index in [-0.39, 0.29) is 5.91 Å². The van der Waals surface area contributed by atoms with E-state index in [1.165, 1.54) is 0 Å². The summed E-state index contributed by atoms with van der Waals surface area (Å²) in [6.45, 7) is 6.45. The second-order valence-electron chi connectivity index (χ2n) is 6.12. The molecule has 0 bridgehead atoms. The summed E-state index contributed by atoms with van der Waals surface area (Å²) in [4.78, 5) is 24.6. The second-order valence-corrected chi connectivity index (χ2v) is 7.04. The third kappa shape index (κ3) is 5.60. The SMILES string of the molecule is Cc1cccc(C(=O)NNC(=O)c2cc(Br)ccc2OCC(C)C)c1. The van der Waals surface area contributed by atoms with Gasteiger partial charge < -0.3 is 4.74 Å². The fraction of sp³-hybridized carbons (Fsp3) is 0.263. The predicted molar refractivity (Wildman–Crippen MR) is 101 cm³/mol. The molecule has 0 spiro atoms. The van der Waals surface area contributed by atoms with Gasteiger partial charge in [0.2, 0.25) is 0 Å². The standard InChI is InChI=1S/C19H21BrN2O3/c1-12(2)11-25-17-8-7-15(20)10-16(17)19(24)22-21-18(23)14-6-4-5-13(3)9-14/h4-10,12H,11H2,1-3H3,(H,21,23)(H,22,24). The lowest BCUT2D eigenvalue weighted by Gasteiger charge is -2.14. The summed E-state index contributed by atoms with van der Waals surface area (Å²) in [6, 6.07) is 12.3. The van der Waals surface area contributed by atoms with Crippen molar-refractivity contribution in [1.29, 1.82) is 0 Å². The van der Waals surface area contributed by atoms with Gasteiger partial charge in [-0.2, -0.15) is 0 Å². The summed E-state index contributed by atoms with van der Waals surface area (Å²) in [5.74, 6) is -0.0162. The first-order valence-corrected chi connectivity index (χ1v) is 8.76. The minimum Gasteiger partial charge on any atom is -0.492 e. The lowest BCUT2D eigenvalue weighted by Crippen LogP contribution is -2.41. The average molecular weight is 405 g/mol. The van der Waals surface area contributed by atoms with Crippen molar-refractivity contribution in [3.63, 3.8) is 0 Å². The Morgan fingerprint density at radius 1 is 1.08 bits per heavy atom. The van der Waals surface area contributed by atoms with E-state index >= 15 is 0 Å². The number of amides is 2. The molecular formula is C19H21BrN2O3. The highest BCUT2D eigenvalue weighted by Gasteiger charge is 2.15. The minimum absolute atomic E-state index is 0.334. The average Bonchev–Trinajstić information content (AvgIpc) is 2.58. The van der Waals surface area contributed by atoms with Crippen LogP contribution in [0.4, 0.5) is 0 Å². The van der Waals surface area contributed by atoms with E-state index in [1.807, 2.05) is 26.8 Å². The maximum absolute atomic E-state index is 12.4. The first-order chi connectivity index (χ1) is 11.9. The molecule has 25 heavy (non-hydrogen) atoms. The number of hydrazine groups is 1. The number of rotatable bonds is 5. The van der Waals surface area contributed by atoms with E-state index in [9.17, 15) is 9.59 Å². The lowest BCUT2D eigenvalue weighted by molar-refractivity contribution is 0.0844. The zero-order valence-corrected chi connectivity index (χ0v) is 16.0. The lowest BCUT2D eigenvalue weighted by atomic mass is 10.1. The van der Waals surface area contributed by atoms with Crippen molar-refractivity contribution in [1.82, 2.24) is 10.9 Å². The van der Waals surface area contributed by atoms with Crippen LogP contribution < -0.4 is 15.6 Å². The quantitative estimate of drug-likeness (QED) is 0.743. The summed E-state index contributed by atoms with van der Waals surface area (Å²) in [7, 11) is 0. The molecule has 2 aromatic carbocycles. The number of carbonyl (C=O) groups excluding carboxylic acids is 2. The van der Waals surface area contributed by atoms with E-state index in [0.717, 1.165) is 10.0 Å². The van der Waals surface area contributed by atoms with Crippen molar-refractivity contribution in [3.05, 3.63) is 63.6 Å². The Morgan fingerprint density at radius 2 is 1.80 bits per heavy atom. The first kappa shape index (κ1) is 19.0. The molecule has 6 heteroatoms. The summed E-state index contributed by atoms with van der Waals surface area (Å²) in [6.07, 6.45) is 0. The van der Waals surface area contributed by atoms with Crippen LogP contribution in [0.1, 0.15) is 40.1 Å². The Balaban J connectivity index is 2.07. The Kier molecular flexibility index (Phi) is 6.58. The van der Waals surface area contributed by atoms with Gasteiger partial charge in [0.05, 0.1) is 12.2 Å². The molecule has 0 aliphatic heterocycles. The highest BCUT2D eigenvalue weighted by Crippen LogP contribution is 2.23. The fourth-order valence-corrected chi connectivity index (χ4v) is 2.46. The van der Waals surface area contributed by atoms with Crippen molar-refractivity contribution >= 4 is 27.7 Å². The zero-order valence-electron chi connectivity index (χ0n) is 14.4. The smallest absolute Gasteiger partial charge is 0.273 e. The number of ether oxygens (including phenoxy) is 1. The van der Waals surface area contributed by atoms with Gasteiger partial charge in [0, 0.05) is 10.0 Å². The van der Waals surface area contributed by atoms with Gasteiger partial charge in [-0.25, -0.2) is 0 Å². The van der Waals surface area contributed by atoms with Gasteiger partial charge in [0.1, 0.15) is 5.75 Å². The van der Waals surface area contributed by atoms with Crippen molar-refractivity contribution in [2.45, 2.75) is 20.8 Å². The summed E-state index contributed by atoms with van der Waals surface area (Å²) < 4.78 is 6.44. The van der Waals surface area contributed by atoms with E-state index in [1.54, 1.807) is 36.4 Å². The molecule has 2 aromatic rings. The van der Waals surface area contributed by atoms with Crippen LogP contribution in [-0.2, 0) is 0 Å². The van der Waals surface area contributed by atoms with Crippen LogP contribution in [0, 0.1) is 12.8 Å². The molecule has 0 aromatic heterocycles. The second kappa shape index (κ2) is 8.67. The molecular weight excluding hydrogens is 384 g/mol. The number of nitrogens with one attached hydrogen (secondary N) is 2. The Hall–Kier alpha value is -2.34. The van der Waals surface area contributed by atoms with Crippen LogP contribution in [0.2, 0.25) is 0 Å². The number of hydrogen-bond acceptors (Lipinski definition) is 3. The molecule has 0 aliphatic rings. The number of halogens is 1. The largest absolute Gasteiger partial charge is 0.492 e. The molecule has 0 aliphatic carbocycles. The first-order valence-electron chi connectivity index (χ1n) is 7.96. The summed E-state index contributed by atoms with van der Waals surface area (Å²) in [5.41, 5.74) is 6.65. The number of aryl methyl sites for hydroxylation is 1. The topological polar surface area (TPSA) is 67.4 Å². The molecule has 0 saturated heterocycles. The van der Waals surface area contributed by atoms with E-state index in [2.05, 4.69) is 26.8 Å². The third-order valence-corrected chi connectivity index (χ3v) is 3.82. The molecule has 2 amide bonds. The van der Waals surface area contributed by atoms with Gasteiger partial charge >= 0.3 is 0 Å². The zero-order chi connectivity index (χ0) is 18.4. The molecule has 0 atom stereocenters. The van der Waals surface area contributed by atoms with Crippen LogP contribution in [0.25, 0.3) is 0 Å². The molecule has 5 nitrogen and oxygen atoms in total. The number of carbonyl (C=O) groups is 2. The van der Waals surface area contributed by atoms with Crippen LogP contribution in [0.15, 0.2) is 46.9 Å². The van der Waals surface area contributed by atoms with Crippen molar-refractivity contribution in [2.24, 2.45) is 5.92 Å². The van der Waals surface area contributed by atoms with Crippen LogP contribution in [-0.4, -0.2) is 18.4 Å². The number of benzene rings is 2. The fourth-order valence-electron chi connectivity index (χ4n) is 2.10. The molecule has 0 radical (unpaired) electrons. The van der Waals surface area contributed by atoms with E-state index < -0.39 is 5.91 Å². The van der Waals surface area contributed by atoms with E-state index in [4.69, 9.17) is 4.74 Å². The Bertz CT molecular complexity index is 775. The maximum Gasteiger partial charge on any atom is 0.273 e. The van der Waals surface area contributed by atoms with Gasteiger partial charge in [-0.15, -0.1) is 0 Å². The van der Waals surface area contributed by atoms with Gasteiger partial charge in [-0.05, 0) is 43.2 Å². The molecule has 0 unspecified atom stereocenters. The summed E-state index contributed by atoms with van der Waals surface area (Å²) in [5, 5.41) is 0. The highest BCUT2D eigenvalue weighted by molar-refractivity contribution is 9.10. The van der Waals surface area contributed by atoms with Crippen molar-refractivity contribution in [2.75, 3.05) is 6.61 Å². The summed E-state index contributed by atoms with van der Waals surface area (Å²) >= 11 is 3.35. The highest BCUT2D eigenvalue weighted by atomic mass is 79.9. The van der Waals surface area contributed by atoms with Gasteiger partial charge in [-0.3, -0.25) is 20.4 Å². The monoisotopic (exact) mass is 404 g/mol. The molecule has 2 N–H and O–H groups in total. The molecule has 0 fully saturated rings. The number of hydrogen-bond donors (Lipinski definition) is 2. The minimum atomic E-state index is -0.443. The van der Waals surface area contributed by atoms with E-state index in [0.29, 0.717) is 29.4 Å². The van der Waals surface area contributed by atoms with Crippen LogP contribution in [0.5, 0.6) is 5.75 Å². The third-order valence-electron chi connectivity index (χ3n) is 3.33. The normalized spacial score (nSPS) is 10.4. The molecule has 0 heterocycles. The Morgan fingerprint density at radius 3 is 2.48 bits per heavy atom. The molecule has 0 saturated carbocycles. The maximum atomic E-state index is 12.4. The molecule has 2 rings (SSSR count). The van der Waals surface area contributed by atoms with Gasteiger partial charge in [-0.1, -0.05) is 47.5 Å². The predicted octanol–water partition coefficient (Wildman–Crippen LogP) is 3.87. The molecule has 132 valence electrons. The van der Waals surface area contributed by atoms with Crippen molar-refractivity contribution in [3.8, 4) is 5.75 Å². The van der Waals surface area contributed by atoms with Gasteiger partial charge in [0.15, 0.2) is 0 Å². The van der Waals surface area contributed by atoms with Crippen LogP contribution >= 0.6 is 15.9 Å². The Labute approximate surface area is 155 Å². The van der Waals surface area contributed by atoms with Crippen molar-refractivity contribution < 1.29 is 14.3 Å².